The summed E-state index contributed by atoms with van der Waals surface area (Å²) in [4.78, 5) is 0. The Bertz CT molecular complexity index is 526. The molecule has 0 unspecified atom stereocenters. The van der Waals surface area contributed by atoms with Crippen molar-refractivity contribution in [2.75, 3.05) is 0 Å². The summed E-state index contributed by atoms with van der Waals surface area (Å²) in [7, 11) is 0. The van der Waals surface area contributed by atoms with Crippen LogP contribution in [0.5, 0.6) is 5.75 Å². The summed E-state index contributed by atoms with van der Waals surface area (Å²) in [6.07, 6.45) is 0. The standard InChI is InChI=1S/C14H13F2NO/c15-12-3-1-10(2-4-12)9-18-13-5-6-14(16)11(7-13)8-17/h1-7H,8-9,17H2. The molecule has 0 saturated carbocycles. The van der Waals surface area contributed by atoms with Crippen molar-refractivity contribution in [2.24, 2.45) is 5.73 Å². The van der Waals surface area contributed by atoms with Crippen LogP contribution in [0.1, 0.15) is 11.1 Å². The van der Waals surface area contributed by atoms with E-state index in [0.29, 0.717) is 17.9 Å². The average Bonchev–Trinajstić information content (AvgIpc) is 2.39. The van der Waals surface area contributed by atoms with Gasteiger partial charge in [-0.05, 0) is 35.9 Å². The van der Waals surface area contributed by atoms with E-state index in [2.05, 4.69) is 0 Å². The lowest BCUT2D eigenvalue weighted by Crippen LogP contribution is -2.01. The predicted octanol–water partition coefficient (Wildman–Crippen LogP) is 3.00. The maximum Gasteiger partial charge on any atom is 0.127 e. The molecule has 0 aliphatic heterocycles. The number of hydrogen-bond donors (Lipinski definition) is 1. The molecule has 0 aliphatic carbocycles. The Morgan fingerprint density at radius 3 is 2.39 bits per heavy atom. The maximum absolute atomic E-state index is 13.2. The molecular formula is C14H13F2NO. The molecule has 0 aromatic heterocycles. The monoisotopic (exact) mass is 249 g/mol. The molecule has 0 amide bonds. The highest BCUT2D eigenvalue weighted by atomic mass is 19.1. The fraction of sp³-hybridized carbons (Fsp3) is 0.143. The highest BCUT2D eigenvalue weighted by Crippen LogP contribution is 2.18. The summed E-state index contributed by atoms with van der Waals surface area (Å²) < 4.78 is 31.4. The zero-order chi connectivity index (χ0) is 13.0. The van der Waals surface area contributed by atoms with Crippen molar-refractivity contribution in [2.45, 2.75) is 13.2 Å². The van der Waals surface area contributed by atoms with Gasteiger partial charge in [-0.2, -0.15) is 0 Å². The van der Waals surface area contributed by atoms with Crippen LogP contribution in [0.2, 0.25) is 0 Å². The van der Waals surface area contributed by atoms with Gasteiger partial charge in [0.2, 0.25) is 0 Å². The number of ether oxygens (including phenoxy) is 1. The van der Waals surface area contributed by atoms with Gasteiger partial charge in [0.1, 0.15) is 24.0 Å². The molecule has 0 spiro atoms. The van der Waals surface area contributed by atoms with E-state index in [-0.39, 0.29) is 18.2 Å². The van der Waals surface area contributed by atoms with Crippen LogP contribution in [0.15, 0.2) is 42.5 Å². The first-order valence-electron chi connectivity index (χ1n) is 5.55. The summed E-state index contributed by atoms with van der Waals surface area (Å²) in [6.45, 7) is 0.426. The van der Waals surface area contributed by atoms with Gasteiger partial charge >= 0.3 is 0 Å². The number of benzene rings is 2. The van der Waals surface area contributed by atoms with Crippen LogP contribution in [-0.4, -0.2) is 0 Å². The zero-order valence-corrected chi connectivity index (χ0v) is 9.70. The van der Waals surface area contributed by atoms with Gasteiger partial charge in [0.15, 0.2) is 0 Å². The Morgan fingerprint density at radius 2 is 1.72 bits per heavy atom. The lowest BCUT2D eigenvalue weighted by atomic mass is 10.2. The molecule has 2 aromatic carbocycles. The van der Waals surface area contributed by atoms with Gasteiger partial charge in [-0.15, -0.1) is 0 Å². The number of rotatable bonds is 4. The van der Waals surface area contributed by atoms with E-state index >= 15 is 0 Å². The largest absolute Gasteiger partial charge is 0.489 e. The van der Waals surface area contributed by atoms with E-state index in [1.54, 1.807) is 18.2 Å². The van der Waals surface area contributed by atoms with E-state index in [4.69, 9.17) is 10.5 Å². The smallest absolute Gasteiger partial charge is 0.127 e. The average molecular weight is 249 g/mol. The first-order valence-corrected chi connectivity index (χ1v) is 5.55. The first kappa shape index (κ1) is 12.5. The van der Waals surface area contributed by atoms with Crippen LogP contribution < -0.4 is 10.5 Å². The van der Waals surface area contributed by atoms with Gasteiger partial charge in [0.25, 0.3) is 0 Å². The van der Waals surface area contributed by atoms with Crippen molar-refractivity contribution in [3.8, 4) is 5.75 Å². The minimum atomic E-state index is -0.341. The molecule has 2 rings (SSSR count). The molecule has 94 valence electrons. The molecule has 0 heterocycles. The van der Waals surface area contributed by atoms with Gasteiger partial charge in [0, 0.05) is 12.1 Å². The molecule has 0 bridgehead atoms. The van der Waals surface area contributed by atoms with E-state index < -0.39 is 0 Å². The molecule has 2 nitrogen and oxygen atoms in total. The fourth-order valence-corrected chi connectivity index (χ4v) is 1.54. The van der Waals surface area contributed by atoms with Gasteiger partial charge < -0.3 is 10.5 Å². The predicted molar refractivity (Wildman–Crippen MR) is 65.0 cm³/mol. The Morgan fingerprint density at radius 1 is 1.00 bits per heavy atom. The molecule has 0 atom stereocenters. The molecule has 0 fully saturated rings. The van der Waals surface area contributed by atoms with Crippen LogP contribution in [0.25, 0.3) is 0 Å². The summed E-state index contributed by atoms with van der Waals surface area (Å²) in [5.74, 6) is -0.0845. The minimum Gasteiger partial charge on any atom is -0.489 e. The van der Waals surface area contributed by atoms with Crippen LogP contribution in [0.4, 0.5) is 8.78 Å². The minimum absolute atomic E-state index is 0.125. The van der Waals surface area contributed by atoms with Gasteiger partial charge in [-0.1, -0.05) is 12.1 Å². The van der Waals surface area contributed by atoms with Crippen LogP contribution in [0, 0.1) is 11.6 Å². The molecule has 2 N–H and O–H groups in total. The third kappa shape index (κ3) is 3.05. The van der Waals surface area contributed by atoms with E-state index in [9.17, 15) is 8.78 Å². The van der Waals surface area contributed by atoms with E-state index in [1.165, 1.54) is 24.3 Å². The summed E-state index contributed by atoms with van der Waals surface area (Å²) in [5, 5.41) is 0. The third-order valence-corrected chi connectivity index (χ3v) is 2.56. The van der Waals surface area contributed by atoms with Crippen LogP contribution in [-0.2, 0) is 13.2 Å². The molecule has 0 saturated heterocycles. The second-order valence-corrected chi connectivity index (χ2v) is 3.87. The molecule has 4 heteroatoms. The van der Waals surface area contributed by atoms with Crippen molar-refractivity contribution in [3.05, 3.63) is 65.2 Å². The highest BCUT2D eigenvalue weighted by Gasteiger charge is 2.03. The number of hydrogen-bond acceptors (Lipinski definition) is 2. The zero-order valence-electron chi connectivity index (χ0n) is 9.70. The van der Waals surface area contributed by atoms with Gasteiger partial charge in [-0.25, -0.2) is 8.78 Å². The summed E-state index contributed by atoms with van der Waals surface area (Å²) >= 11 is 0. The topological polar surface area (TPSA) is 35.2 Å². The third-order valence-electron chi connectivity index (χ3n) is 2.56. The van der Waals surface area contributed by atoms with Crippen LogP contribution >= 0.6 is 0 Å². The highest BCUT2D eigenvalue weighted by molar-refractivity contribution is 5.30. The fourth-order valence-electron chi connectivity index (χ4n) is 1.54. The normalized spacial score (nSPS) is 10.4. The van der Waals surface area contributed by atoms with Gasteiger partial charge in [0.05, 0.1) is 0 Å². The van der Waals surface area contributed by atoms with Crippen molar-refractivity contribution < 1.29 is 13.5 Å². The van der Waals surface area contributed by atoms with Gasteiger partial charge in [-0.3, -0.25) is 0 Å². The maximum atomic E-state index is 13.2. The van der Waals surface area contributed by atoms with Crippen molar-refractivity contribution in [1.82, 2.24) is 0 Å². The van der Waals surface area contributed by atoms with E-state index in [0.717, 1.165) is 5.56 Å². The Balaban J connectivity index is 2.04. The first-order chi connectivity index (χ1) is 8.69. The summed E-state index contributed by atoms with van der Waals surface area (Å²) in [6, 6.07) is 10.5. The molecule has 2 aromatic rings. The van der Waals surface area contributed by atoms with E-state index in [1.807, 2.05) is 0 Å². The SMILES string of the molecule is NCc1cc(OCc2ccc(F)cc2)ccc1F. The van der Waals surface area contributed by atoms with Crippen molar-refractivity contribution in [3.63, 3.8) is 0 Å². The second-order valence-electron chi connectivity index (χ2n) is 3.87. The Labute approximate surface area is 104 Å². The van der Waals surface area contributed by atoms with Crippen LogP contribution in [0.3, 0.4) is 0 Å². The van der Waals surface area contributed by atoms with Crippen molar-refractivity contribution >= 4 is 0 Å². The lowest BCUT2D eigenvalue weighted by molar-refractivity contribution is 0.305. The van der Waals surface area contributed by atoms with Crippen molar-refractivity contribution in [1.29, 1.82) is 0 Å². The second kappa shape index (κ2) is 5.60. The Kier molecular flexibility index (Phi) is 3.89. The molecule has 0 radical (unpaired) electrons. The number of halogens is 2. The Hall–Kier alpha value is -1.94. The molecule has 0 aliphatic rings. The molecule has 18 heavy (non-hydrogen) atoms. The molecular weight excluding hydrogens is 236 g/mol. The lowest BCUT2D eigenvalue weighted by Gasteiger charge is -2.08. The number of nitrogens with two attached hydrogens (primary N) is 1. The quantitative estimate of drug-likeness (QED) is 0.904. The summed E-state index contributed by atoms with van der Waals surface area (Å²) in [5.41, 5.74) is 6.66.